The number of anilines is 1. The number of aromatic nitrogens is 2. The highest BCUT2D eigenvalue weighted by molar-refractivity contribution is 7.91. The maximum atomic E-state index is 13.7. The van der Waals surface area contributed by atoms with Gasteiger partial charge in [0.05, 0.1) is 18.1 Å². The molecule has 0 bridgehead atoms. The smallest absolute Gasteiger partial charge is 0.453 e. The third-order valence-electron chi connectivity index (χ3n) is 6.27. The Hall–Kier alpha value is -2.13. The van der Waals surface area contributed by atoms with Gasteiger partial charge in [-0.25, -0.2) is 13.4 Å². The first-order valence-corrected chi connectivity index (χ1v) is 13.2. The van der Waals surface area contributed by atoms with E-state index in [9.17, 15) is 35.2 Å². The number of rotatable bonds is 7. The van der Waals surface area contributed by atoms with Crippen LogP contribution in [0.1, 0.15) is 45.7 Å². The highest BCUT2D eigenvalue weighted by Gasteiger charge is 2.57. The minimum atomic E-state index is -5.63. The lowest BCUT2D eigenvalue weighted by Gasteiger charge is -2.42. The molecule has 3 rings (SSSR count). The molecule has 0 saturated carbocycles. The van der Waals surface area contributed by atoms with Gasteiger partial charge in [-0.15, -0.1) is 0 Å². The molecule has 0 aliphatic carbocycles. The predicted molar refractivity (Wildman–Crippen MR) is 123 cm³/mol. The average Bonchev–Trinajstić information content (AvgIpc) is 2.82. The molecule has 0 amide bonds. The second-order valence-corrected chi connectivity index (χ2v) is 12.3. The summed E-state index contributed by atoms with van der Waals surface area (Å²) >= 11 is 0. The van der Waals surface area contributed by atoms with Gasteiger partial charge in [0.2, 0.25) is 10.0 Å². The molecule has 1 aromatic heterocycles. The number of carbonyl (C=O) groups excluding carboxylic acids is 1. The van der Waals surface area contributed by atoms with Gasteiger partial charge in [0.25, 0.3) is 0 Å². The number of piperazine rings is 1. The summed E-state index contributed by atoms with van der Waals surface area (Å²) in [5, 5.41) is 0. The molecule has 0 aromatic carbocycles. The van der Waals surface area contributed by atoms with E-state index in [1.165, 1.54) is 10.5 Å². The maximum Gasteiger partial charge on any atom is 0.453 e. The van der Waals surface area contributed by atoms with Crippen molar-refractivity contribution in [2.45, 2.75) is 68.9 Å². The van der Waals surface area contributed by atoms with Gasteiger partial charge in [-0.1, -0.05) is 0 Å². The lowest BCUT2D eigenvalue weighted by Crippen LogP contribution is -2.61. The fourth-order valence-corrected chi connectivity index (χ4v) is 6.18. The minimum Gasteiger partial charge on any atom is -0.459 e. The maximum absolute atomic E-state index is 13.7. The number of carbonyl (C=O) groups is 1. The molecule has 0 spiro atoms. The Morgan fingerprint density at radius 1 is 1.03 bits per heavy atom. The monoisotopic (exact) mass is 558 g/mol. The Morgan fingerprint density at radius 2 is 1.62 bits per heavy atom. The number of aryl methyl sites for hydroxylation is 1. The Kier molecular flexibility index (Phi) is 8.40. The summed E-state index contributed by atoms with van der Waals surface area (Å²) in [7, 11) is -4.11. The number of hydrogen-bond donors (Lipinski definition) is 0. The van der Waals surface area contributed by atoms with E-state index >= 15 is 0 Å². The van der Waals surface area contributed by atoms with Crippen molar-refractivity contribution in [3.05, 3.63) is 18.1 Å². The average molecular weight is 559 g/mol. The molecule has 0 atom stereocenters. The van der Waals surface area contributed by atoms with Crippen LogP contribution in [-0.2, 0) is 30.7 Å². The highest BCUT2D eigenvalue weighted by Crippen LogP contribution is 2.39. The molecule has 0 N–H and O–H groups in total. The van der Waals surface area contributed by atoms with Crippen LogP contribution in [0, 0.1) is 0 Å². The largest absolute Gasteiger partial charge is 0.459 e. The van der Waals surface area contributed by atoms with Gasteiger partial charge < -0.3 is 14.4 Å². The van der Waals surface area contributed by atoms with Crippen molar-refractivity contribution < 1.29 is 44.6 Å². The second-order valence-electron chi connectivity index (χ2n) is 10.1. The SMILES string of the molecule is CC(C)(C)OC(=O)C1(S(=O)(=O)N2CCN(c3cnc(CCC(F)(F)C(F)(F)F)cn3)CC2)CCOCC1. The lowest BCUT2D eigenvalue weighted by molar-refractivity contribution is -0.284. The topological polar surface area (TPSA) is 102 Å². The number of esters is 1. The molecule has 3 heterocycles. The zero-order valence-corrected chi connectivity index (χ0v) is 21.7. The van der Waals surface area contributed by atoms with Crippen molar-refractivity contribution in [3.8, 4) is 0 Å². The number of sulfonamides is 1. The molecule has 0 radical (unpaired) electrons. The molecule has 2 aliphatic rings. The van der Waals surface area contributed by atoms with Gasteiger partial charge in [0, 0.05) is 58.7 Å². The lowest BCUT2D eigenvalue weighted by atomic mass is 9.99. The van der Waals surface area contributed by atoms with Gasteiger partial charge in [-0.3, -0.25) is 9.78 Å². The van der Waals surface area contributed by atoms with Gasteiger partial charge in [-0.05, 0) is 27.2 Å². The van der Waals surface area contributed by atoms with Crippen molar-refractivity contribution in [1.82, 2.24) is 14.3 Å². The van der Waals surface area contributed by atoms with E-state index in [0.29, 0.717) is 5.82 Å². The van der Waals surface area contributed by atoms with Crippen LogP contribution in [0.2, 0.25) is 0 Å². The number of ether oxygens (including phenoxy) is 2. The van der Waals surface area contributed by atoms with Gasteiger partial charge >= 0.3 is 18.1 Å². The van der Waals surface area contributed by atoms with Crippen molar-refractivity contribution >= 4 is 21.8 Å². The van der Waals surface area contributed by atoms with E-state index in [1.807, 2.05) is 0 Å². The Morgan fingerprint density at radius 3 is 2.11 bits per heavy atom. The van der Waals surface area contributed by atoms with Gasteiger partial charge in [0.15, 0.2) is 4.75 Å². The van der Waals surface area contributed by atoms with Crippen molar-refractivity contribution in [1.29, 1.82) is 0 Å². The standard InChI is InChI=1S/C22H31F5N4O5S/c1-19(2,3)36-18(32)20(6-12-35-13-7-20)37(33,34)31-10-8-30(9-11-31)17-15-28-16(14-29-17)4-5-21(23,24)22(25,26)27/h14-15H,4-13H2,1-3H3. The summed E-state index contributed by atoms with van der Waals surface area (Å²) in [6.07, 6.45) is -5.34. The summed E-state index contributed by atoms with van der Waals surface area (Å²) in [6.45, 7) is 5.72. The molecule has 1 aromatic rings. The van der Waals surface area contributed by atoms with Crippen LogP contribution >= 0.6 is 0 Å². The second kappa shape index (κ2) is 10.6. The normalized spacial score (nSPS) is 20.1. The fraction of sp³-hybridized carbons (Fsp3) is 0.773. The van der Waals surface area contributed by atoms with Crippen molar-refractivity contribution in [2.75, 3.05) is 44.3 Å². The number of halogens is 5. The molecule has 210 valence electrons. The molecule has 2 aliphatic heterocycles. The van der Waals surface area contributed by atoms with E-state index in [0.717, 1.165) is 6.20 Å². The van der Waals surface area contributed by atoms with Crippen LogP contribution in [-0.4, -0.2) is 90.5 Å². The van der Waals surface area contributed by atoms with E-state index in [1.54, 1.807) is 25.7 Å². The molecule has 0 unspecified atom stereocenters. The summed E-state index contributed by atoms with van der Waals surface area (Å²) in [5.41, 5.74) is -0.892. The number of alkyl halides is 5. The van der Waals surface area contributed by atoms with Crippen molar-refractivity contribution in [3.63, 3.8) is 0 Å². The Labute approximate surface area is 212 Å². The summed E-state index contributed by atoms with van der Waals surface area (Å²) in [6, 6.07) is 0. The van der Waals surface area contributed by atoms with E-state index in [4.69, 9.17) is 9.47 Å². The molecular weight excluding hydrogens is 527 g/mol. The summed E-state index contributed by atoms with van der Waals surface area (Å²) < 4.78 is 101. The Balaban J connectivity index is 1.66. The van der Waals surface area contributed by atoms with Crippen LogP contribution in [0.5, 0.6) is 0 Å². The van der Waals surface area contributed by atoms with Crippen LogP contribution in [0.25, 0.3) is 0 Å². The van der Waals surface area contributed by atoms with E-state index in [2.05, 4.69) is 9.97 Å². The quantitative estimate of drug-likeness (QED) is 0.372. The van der Waals surface area contributed by atoms with E-state index in [-0.39, 0.29) is 57.9 Å². The van der Waals surface area contributed by atoms with Gasteiger partial charge in [0.1, 0.15) is 11.4 Å². The number of hydrogen-bond acceptors (Lipinski definition) is 8. The minimum absolute atomic E-state index is 0.0206. The fourth-order valence-electron chi connectivity index (χ4n) is 4.11. The number of nitrogens with zero attached hydrogens (tertiary/aromatic N) is 4. The zero-order chi connectivity index (χ0) is 27.7. The first-order chi connectivity index (χ1) is 17.0. The first-order valence-electron chi connectivity index (χ1n) is 11.8. The Bertz CT molecular complexity index is 1050. The van der Waals surface area contributed by atoms with Crippen LogP contribution in [0.4, 0.5) is 27.8 Å². The molecule has 9 nitrogen and oxygen atoms in total. The van der Waals surface area contributed by atoms with Crippen LogP contribution in [0.15, 0.2) is 12.4 Å². The molecular formula is C22H31F5N4O5S. The molecule has 15 heteroatoms. The van der Waals surface area contributed by atoms with Crippen molar-refractivity contribution in [2.24, 2.45) is 0 Å². The third kappa shape index (κ3) is 6.48. The third-order valence-corrected chi connectivity index (χ3v) is 8.88. The van der Waals surface area contributed by atoms with Crippen LogP contribution < -0.4 is 4.90 Å². The van der Waals surface area contributed by atoms with Crippen LogP contribution in [0.3, 0.4) is 0 Å². The molecule has 37 heavy (non-hydrogen) atoms. The summed E-state index contributed by atoms with van der Waals surface area (Å²) in [5.74, 6) is -5.30. The highest BCUT2D eigenvalue weighted by atomic mass is 32.2. The molecule has 2 fully saturated rings. The van der Waals surface area contributed by atoms with E-state index < -0.39 is 51.3 Å². The van der Waals surface area contributed by atoms with Gasteiger partial charge in [-0.2, -0.15) is 26.3 Å². The first kappa shape index (κ1) is 29.4. The zero-order valence-electron chi connectivity index (χ0n) is 20.9. The summed E-state index contributed by atoms with van der Waals surface area (Å²) in [4.78, 5) is 22.9. The molecule has 2 saturated heterocycles. The predicted octanol–water partition coefficient (Wildman–Crippen LogP) is 2.95.